The quantitative estimate of drug-likeness (QED) is 0.722. The Kier molecular flexibility index (Phi) is 2.54. The molecule has 0 N–H and O–H groups in total. The Morgan fingerprint density at radius 3 is 2.69 bits per heavy atom. The standard InChI is InChI=1S/C13H13FO2/c1-7(2)12(15)13-8(3)10-6-9(14)4-5-11(10)16-13/h4-7H,1-3H3. The molecular weight excluding hydrogens is 207 g/mol. The number of hydrogen-bond acceptors (Lipinski definition) is 2. The van der Waals surface area contributed by atoms with Crippen LogP contribution in [0.2, 0.25) is 0 Å². The predicted octanol–water partition coefficient (Wildman–Crippen LogP) is 3.72. The van der Waals surface area contributed by atoms with Crippen molar-refractivity contribution in [2.45, 2.75) is 20.8 Å². The van der Waals surface area contributed by atoms with Gasteiger partial charge in [0, 0.05) is 16.9 Å². The zero-order valence-corrected chi connectivity index (χ0v) is 9.50. The summed E-state index contributed by atoms with van der Waals surface area (Å²) in [5.74, 6) is -0.145. The molecule has 84 valence electrons. The maximum atomic E-state index is 13.1. The molecule has 1 aromatic heterocycles. The van der Waals surface area contributed by atoms with Crippen molar-refractivity contribution in [1.82, 2.24) is 0 Å². The molecule has 1 aromatic carbocycles. The van der Waals surface area contributed by atoms with E-state index in [4.69, 9.17) is 4.42 Å². The molecule has 1 heterocycles. The fourth-order valence-electron chi connectivity index (χ4n) is 1.69. The number of ketones is 1. The highest BCUT2D eigenvalue weighted by Crippen LogP contribution is 2.27. The Bertz CT molecular complexity index is 552. The zero-order chi connectivity index (χ0) is 11.9. The summed E-state index contributed by atoms with van der Waals surface area (Å²) in [5.41, 5.74) is 1.27. The Morgan fingerprint density at radius 2 is 2.06 bits per heavy atom. The number of rotatable bonds is 2. The van der Waals surface area contributed by atoms with E-state index in [0.29, 0.717) is 22.3 Å². The van der Waals surface area contributed by atoms with E-state index < -0.39 is 0 Å². The molecule has 0 spiro atoms. The van der Waals surface area contributed by atoms with Crippen LogP contribution in [-0.2, 0) is 0 Å². The van der Waals surface area contributed by atoms with Crippen LogP contribution in [-0.4, -0.2) is 5.78 Å². The molecule has 0 unspecified atom stereocenters. The monoisotopic (exact) mass is 220 g/mol. The zero-order valence-electron chi connectivity index (χ0n) is 9.50. The number of carbonyl (C=O) groups excluding carboxylic acids is 1. The molecule has 16 heavy (non-hydrogen) atoms. The van der Waals surface area contributed by atoms with Crippen LogP contribution in [0.1, 0.15) is 30.0 Å². The molecule has 0 fully saturated rings. The van der Waals surface area contributed by atoms with Crippen molar-refractivity contribution >= 4 is 16.8 Å². The van der Waals surface area contributed by atoms with E-state index in [-0.39, 0.29) is 17.5 Å². The lowest BCUT2D eigenvalue weighted by Crippen LogP contribution is -2.07. The van der Waals surface area contributed by atoms with E-state index in [1.165, 1.54) is 12.1 Å². The van der Waals surface area contributed by atoms with Gasteiger partial charge in [-0.15, -0.1) is 0 Å². The third-order valence-corrected chi connectivity index (χ3v) is 2.65. The predicted molar refractivity (Wildman–Crippen MR) is 60.1 cm³/mol. The normalized spacial score (nSPS) is 11.3. The van der Waals surface area contributed by atoms with Gasteiger partial charge in [0.15, 0.2) is 5.76 Å². The highest BCUT2D eigenvalue weighted by Gasteiger charge is 2.20. The van der Waals surface area contributed by atoms with Crippen molar-refractivity contribution in [3.05, 3.63) is 35.3 Å². The molecule has 2 nitrogen and oxygen atoms in total. The van der Waals surface area contributed by atoms with Crippen LogP contribution in [0.5, 0.6) is 0 Å². The van der Waals surface area contributed by atoms with Crippen molar-refractivity contribution in [3.8, 4) is 0 Å². The molecule has 2 rings (SSSR count). The van der Waals surface area contributed by atoms with E-state index in [2.05, 4.69) is 0 Å². The average molecular weight is 220 g/mol. The number of benzene rings is 1. The summed E-state index contributed by atoms with van der Waals surface area (Å²) in [6, 6.07) is 4.27. The molecular formula is C13H13FO2. The van der Waals surface area contributed by atoms with E-state index in [1.807, 2.05) is 13.8 Å². The Hall–Kier alpha value is -1.64. The van der Waals surface area contributed by atoms with Gasteiger partial charge < -0.3 is 4.42 Å². The molecule has 0 radical (unpaired) electrons. The third kappa shape index (κ3) is 1.62. The first-order valence-electron chi connectivity index (χ1n) is 5.23. The fraction of sp³-hybridized carbons (Fsp3) is 0.308. The van der Waals surface area contributed by atoms with Crippen LogP contribution in [0.4, 0.5) is 4.39 Å². The van der Waals surface area contributed by atoms with Crippen molar-refractivity contribution in [2.24, 2.45) is 5.92 Å². The molecule has 0 bridgehead atoms. The van der Waals surface area contributed by atoms with Crippen LogP contribution < -0.4 is 0 Å². The molecule has 2 aromatic rings. The Labute approximate surface area is 93.1 Å². The minimum absolute atomic E-state index is 0.0471. The summed E-state index contributed by atoms with van der Waals surface area (Å²) in [6.45, 7) is 5.41. The number of furan rings is 1. The maximum Gasteiger partial charge on any atom is 0.200 e. The second-order valence-corrected chi connectivity index (χ2v) is 4.22. The smallest absolute Gasteiger partial charge is 0.200 e. The summed E-state index contributed by atoms with van der Waals surface area (Å²) >= 11 is 0. The second-order valence-electron chi connectivity index (χ2n) is 4.22. The largest absolute Gasteiger partial charge is 0.453 e. The molecule has 0 aliphatic heterocycles. The Morgan fingerprint density at radius 1 is 1.38 bits per heavy atom. The number of hydrogen-bond donors (Lipinski definition) is 0. The van der Waals surface area contributed by atoms with Crippen LogP contribution in [0.15, 0.2) is 22.6 Å². The lowest BCUT2D eigenvalue weighted by molar-refractivity contribution is 0.0912. The topological polar surface area (TPSA) is 30.2 Å². The van der Waals surface area contributed by atoms with Gasteiger partial charge >= 0.3 is 0 Å². The van der Waals surface area contributed by atoms with Crippen LogP contribution in [0.25, 0.3) is 11.0 Å². The number of carbonyl (C=O) groups is 1. The first kappa shape index (κ1) is 10.9. The molecule has 0 saturated carbocycles. The van der Waals surface area contributed by atoms with Gasteiger partial charge in [-0.1, -0.05) is 13.8 Å². The molecule has 0 aliphatic rings. The summed E-state index contributed by atoms with van der Waals surface area (Å²) in [6.07, 6.45) is 0. The molecule has 0 amide bonds. The number of fused-ring (bicyclic) bond motifs is 1. The molecule has 0 saturated heterocycles. The minimum Gasteiger partial charge on any atom is -0.453 e. The van der Waals surface area contributed by atoms with E-state index in [1.54, 1.807) is 13.0 Å². The minimum atomic E-state index is -0.319. The average Bonchev–Trinajstić information content (AvgIpc) is 2.55. The first-order valence-corrected chi connectivity index (χ1v) is 5.23. The number of aryl methyl sites for hydroxylation is 1. The van der Waals surface area contributed by atoms with E-state index in [9.17, 15) is 9.18 Å². The SMILES string of the molecule is Cc1c(C(=O)C(C)C)oc2ccc(F)cc12. The maximum absolute atomic E-state index is 13.1. The molecule has 3 heteroatoms. The van der Waals surface area contributed by atoms with E-state index in [0.717, 1.165) is 0 Å². The summed E-state index contributed by atoms with van der Waals surface area (Å²) in [4.78, 5) is 11.8. The van der Waals surface area contributed by atoms with Gasteiger partial charge in [-0.25, -0.2) is 4.39 Å². The van der Waals surface area contributed by atoms with Gasteiger partial charge in [0.25, 0.3) is 0 Å². The molecule has 0 atom stereocenters. The first-order chi connectivity index (χ1) is 7.50. The second kappa shape index (κ2) is 3.74. The van der Waals surface area contributed by atoms with E-state index >= 15 is 0 Å². The lowest BCUT2D eigenvalue weighted by atomic mass is 10.0. The van der Waals surface area contributed by atoms with Crippen molar-refractivity contribution in [1.29, 1.82) is 0 Å². The van der Waals surface area contributed by atoms with Gasteiger partial charge in [-0.05, 0) is 25.1 Å². The summed E-state index contributed by atoms with van der Waals surface area (Å²) < 4.78 is 18.5. The third-order valence-electron chi connectivity index (χ3n) is 2.65. The van der Waals surface area contributed by atoms with Crippen LogP contribution in [0.3, 0.4) is 0 Å². The van der Waals surface area contributed by atoms with Crippen LogP contribution >= 0.6 is 0 Å². The van der Waals surface area contributed by atoms with Crippen molar-refractivity contribution in [3.63, 3.8) is 0 Å². The fourth-order valence-corrected chi connectivity index (χ4v) is 1.69. The van der Waals surface area contributed by atoms with Gasteiger partial charge in [0.1, 0.15) is 11.4 Å². The van der Waals surface area contributed by atoms with Crippen molar-refractivity contribution in [2.75, 3.05) is 0 Å². The highest BCUT2D eigenvalue weighted by atomic mass is 19.1. The number of Topliss-reactive ketones (excluding diaryl/α,β-unsaturated/α-hetero) is 1. The highest BCUT2D eigenvalue weighted by molar-refractivity contribution is 6.01. The van der Waals surface area contributed by atoms with Gasteiger partial charge in [-0.3, -0.25) is 4.79 Å². The van der Waals surface area contributed by atoms with Crippen molar-refractivity contribution < 1.29 is 13.6 Å². The van der Waals surface area contributed by atoms with Gasteiger partial charge in [-0.2, -0.15) is 0 Å². The lowest BCUT2D eigenvalue weighted by Gasteiger charge is -2.00. The van der Waals surface area contributed by atoms with Gasteiger partial charge in [0.2, 0.25) is 5.78 Å². The summed E-state index contributed by atoms with van der Waals surface area (Å²) in [7, 11) is 0. The summed E-state index contributed by atoms with van der Waals surface area (Å²) in [5, 5.41) is 0.670. The van der Waals surface area contributed by atoms with Gasteiger partial charge in [0.05, 0.1) is 0 Å². The Balaban J connectivity index is 2.65. The number of halogens is 1. The molecule has 0 aliphatic carbocycles. The van der Waals surface area contributed by atoms with Crippen LogP contribution in [0, 0.1) is 18.7 Å².